The van der Waals surface area contributed by atoms with Crippen LogP contribution >= 0.6 is 0 Å². The summed E-state index contributed by atoms with van der Waals surface area (Å²) in [6, 6.07) is 8.36. The molecule has 0 aliphatic carbocycles. The van der Waals surface area contributed by atoms with E-state index in [-0.39, 0.29) is 6.04 Å². The molecule has 0 aliphatic heterocycles. The Balaban J connectivity index is 2.07. The van der Waals surface area contributed by atoms with Crippen LogP contribution in [0.4, 0.5) is 0 Å². The minimum Gasteiger partial charge on any atom is -0.493 e. The van der Waals surface area contributed by atoms with Crippen molar-refractivity contribution in [2.24, 2.45) is 11.7 Å². The van der Waals surface area contributed by atoms with Gasteiger partial charge in [0, 0.05) is 17.3 Å². The standard InChI is InChI=1S/C18H25N3O/c1-12(7-14(3)19)10-22-18-6-5-16(8-13(18)2)17-9-15(4)20-11-21-17/h5-6,8-9,11-12,14H,7,10,19H2,1-4H3. The highest BCUT2D eigenvalue weighted by Gasteiger charge is 2.09. The van der Waals surface area contributed by atoms with Crippen molar-refractivity contribution in [3.05, 3.63) is 41.9 Å². The molecule has 2 unspecified atom stereocenters. The fraction of sp³-hybridized carbons (Fsp3) is 0.444. The third kappa shape index (κ3) is 4.53. The van der Waals surface area contributed by atoms with Crippen LogP contribution in [0.3, 0.4) is 0 Å². The zero-order chi connectivity index (χ0) is 16.1. The maximum absolute atomic E-state index is 5.93. The highest BCUT2D eigenvalue weighted by molar-refractivity contribution is 5.61. The van der Waals surface area contributed by atoms with Crippen molar-refractivity contribution >= 4 is 0 Å². The first-order chi connectivity index (χ1) is 10.5. The maximum Gasteiger partial charge on any atom is 0.122 e. The quantitative estimate of drug-likeness (QED) is 0.886. The fourth-order valence-corrected chi connectivity index (χ4v) is 2.52. The summed E-state index contributed by atoms with van der Waals surface area (Å²) in [6.07, 6.45) is 2.57. The topological polar surface area (TPSA) is 61.0 Å². The minimum atomic E-state index is 0.211. The second-order valence-electron chi connectivity index (χ2n) is 6.15. The minimum absolute atomic E-state index is 0.211. The molecule has 0 saturated heterocycles. The van der Waals surface area contributed by atoms with Gasteiger partial charge < -0.3 is 10.5 Å². The lowest BCUT2D eigenvalue weighted by Gasteiger charge is -2.16. The van der Waals surface area contributed by atoms with Crippen LogP contribution in [0.15, 0.2) is 30.6 Å². The van der Waals surface area contributed by atoms with E-state index in [9.17, 15) is 0 Å². The van der Waals surface area contributed by atoms with E-state index in [4.69, 9.17) is 10.5 Å². The summed E-state index contributed by atoms with van der Waals surface area (Å²) in [5.74, 6) is 1.37. The molecule has 2 N–H and O–H groups in total. The third-order valence-corrected chi connectivity index (χ3v) is 3.57. The Labute approximate surface area is 132 Å². The molecule has 0 saturated carbocycles. The molecule has 1 aromatic carbocycles. The molecule has 0 amide bonds. The summed E-state index contributed by atoms with van der Waals surface area (Å²) < 4.78 is 5.93. The predicted molar refractivity (Wildman–Crippen MR) is 89.9 cm³/mol. The first kappa shape index (κ1) is 16.4. The van der Waals surface area contributed by atoms with Gasteiger partial charge in [-0.05, 0) is 62.9 Å². The SMILES string of the molecule is Cc1cc(-c2ccc(OCC(C)CC(C)N)c(C)c2)ncn1. The van der Waals surface area contributed by atoms with Gasteiger partial charge in [-0.2, -0.15) is 0 Å². The summed E-state index contributed by atoms with van der Waals surface area (Å²) in [5, 5.41) is 0. The van der Waals surface area contributed by atoms with Crippen molar-refractivity contribution in [2.45, 2.75) is 40.2 Å². The zero-order valence-electron chi connectivity index (χ0n) is 13.8. The average Bonchev–Trinajstić information content (AvgIpc) is 2.45. The molecule has 1 heterocycles. The predicted octanol–water partition coefficient (Wildman–Crippen LogP) is 3.51. The molecule has 22 heavy (non-hydrogen) atoms. The average molecular weight is 299 g/mol. The van der Waals surface area contributed by atoms with Crippen LogP contribution in [0.1, 0.15) is 31.5 Å². The number of rotatable bonds is 6. The van der Waals surface area contributed by atoms with Gasteiger partial charge in [0.2, 0.25) is 0 Å². The third-order valence-electron chi connectivity index (χ3n) is 3.57. The van der Waals surface area contributed by atoms with Crippen LogP contribution in [0.5, 0.6) is 5.75 Å². The lowest BCUT2D eigenvalue weighted by Crippen LogP contribution is -2.21. The van der Waals surface area contributed by atoms with Gasteiger partial charge in [0.05, 0.1) is 12.3 Å². The Hall–Kier alpha value is -1.94. The van der Waals surface area contributed by atoms with E-state index in [1.165, 1.54) is 0 Å². The van der Waals surface area contributed by atoms with E-state index >= 15 is 0 Å². The Morgan fingerprint density at radius 1 is 1.14 bits per heavy atom. The molecule has 0 fully saturated rings. The normalized spacial score (nSPS) is 13.7. The van der Waals surface area contributed by atoms with Crippen LogP contribution in [0, 0.1) is 19.8 Å². The van der Waals surface area contributed by atoms with Crippen LogP contribution in [-0.2, 0) is 0 Å². The molecular weight excluding hydrogens is 274 g/mol. The van der Waals surface area contributed by atoms with Crippen LogP contribution in [-0.4, -0.2) is 22.6 Å². The number of hydrogen-bond acceptors (Lipinski definition) is 4. The van der Waals surface area contributed by atoms with Crippen LogP contribution in [0.25, 0.3) is 11.3 Å². The van der Waals surface area contributed by atoms with Crippen molar-refractivity contribution in [1.29, 1.82) is 0 Å². The zero-order valence-corrected chi connectivity index (χ0v) is 13.8. The van der Waals surface area contributed by atoms with Gasteiger partial charge in [-0.1, -0.05) is 6.92 Å². The van der Waals surface area contributed by atoms with Crippen molar-refractivity contribution in [2.75, 3.05) is 6.61 Å². The summed E-state index contributed by atoms with van der Waals surface area (Å²) in [5.41, 5.74) is 9.92. The van der Waals surface area contributed by atoms with Gasteiger partial charge in [0.1, 0.15) is 12.1 Å². The molecule has 118 valence electrons. The number of nitrogens with two attached hydrogens (primary N) is 1. The molecule has 0 spiro atoms. The largest absolute Gasteiger partial charge is 0.493 e. The van der Waals surface area contributed by atoms with Gasteiger partial charge in [-0.3, -0.25) is 0 Å². The van der Waals surface area contributed by atoms with Crippen LogP contribution < -0.4 is 10.5 Å². The smallest absolute Gasteiger partial charge is 0.122 e. The Morgan fingerprint density at radius 2 is 1.91 bits per heavy atom. The highest BCUT2D eigenvalue weighted by Crippen LogP contribution is 2.25. The van der Waals surface area contributed by atoms with Gasteiger partial charge in [-0.15, -0.1) is 0 Å². The maximum atomic E-state index is 5.93. The molecule has 0 bridgehead atoms. The number of aryl methyl sites for hydroxylation is 2. The van der Waals surface area contributed by atoms with E-state index in [1.54, 1.807) is 6.33 Å². The molecule has 0 radical (unpaired) electrons. The second kappa shape index (κ2) is 7.36. The number of aromatic nitrogens is 2. The van der Waals surface area contributed by atoms with Crippen molar-refractivity contribution < 1.29 is 4.74 Å². The Bertz CT molecular complexity index is 625. The molecule has 4 heteroatoms. The molecule has 0 aliphatic rings. The summed E-state index contributed by atoms with van der Waals surface area (Å²) in [4.78, 5) is 8.45. The Kier molecular flexibility index (Phi) is 5.50. The van der Waals surface area contributed by atoms with Gasteiger partial charge in [0.25, 0.3) is 0 Å². The highest BCUT2D eigenvalue weighted by atomic mass is 16.5. The summed E-state index contributed by atoms with van der Waals surface area (Å²) in [7, 11) is 0. The first-order valence-electron chi connectivity index (χ1n) is 7.73. The first-order valence-corrected chi connectivity index (χ1v) is 7.73. The Morgan fingerprint density at radius 3 is 2.55 bits per heavy atom. The van der Waals surface area contributed by atoms with E-state index < -0.39 is 0 Å². The van der Waals surface area contributed by atoms with Gasteiger partial charge in [0.15, 0.2) is 0 Å². The van der Waals surface area contributed by atoms with E-state index in [1.807, 2.05) is 32.0 Å². The van der Waals surface area contributed by atoms with Gasteiger partial charge in [-0.25, -0.2) is 9.97 Å². The number of benzene rings is 1. The fourth-order valence-electron chi connectivity index (χ4n) is 2.52. The van der Waals surface area contributed by atoms with E-state index in [0.29, 0.717) is 12.5 Å². The number of nitrogens with zero attached hydrogens (tertiary/aromatic N) is 2. The molecule has 1 aromatic heterocycles. The summed E-state index contributed by atoms with van der Waals surface area (Å²) in [6.45, 7) is 8.91. The molecule has 2 aromatic rings. The number of hydrogen-bond donors (Lipinski definition) is 1. The van der Waals surface area contributed by atoms with Crippen molar-refractivity contribution in [1.82, 2.24) is 9.97 Å². The van der Waals surface area contributed by atoms with E-state index in [0.717, 1.165) is 34.7 Å². The lowest BCUT2D eigenvalue weighted by molar-refractivity contribution is 0.245. The second-order valence-corrected chi connectivity index (χ2v) is 6.15. The number of ether oxygens (including phenoxy) is 1. The molecular formula is C18H25N3O. The van der Waals surface area contributed by atoms with Crippen LogP contribution in [0.2, 0.25) is 0 Å². The summed E-state index contributed by atoms with van der Waals surface area (Å²) >= 11 is 0. The molecule has 2 atom stereocenters. The molecule has 2 rings (SSSR count). The van der Waals surface area contributed by atoms with Gasteiger partial charge >= 0.3 is 0 Å². The van der Waals surface area contributed by atoms with Crippen molar-refractivity contribution in [3.63, 3.8) is 0 Å². The molecule has 4 nitrogen and oxygen atoms in total. The monoisotopic (exact) mass is 299 g/mol. The van der Waals surface area contributed by atoms with Crippen molar-refractivity contribution in [3.8, 4) is 17.0 Å². The van der Waals surface area contributed by atoms with E-state index in [2.05, 4.69) is 29.9 Å². The lowest BCUT2D eigenvalue weighted by atomic mass is 10.0.